The number of benzene rings is 3. The van der Waals surface area contributed by atoms with E-state index in [-0.39, 0.29) is 0 Å². The maximum atomic E-state index is 5.47. The van der Waals surface area contributed by atoms with E-state index in [0.29, 0.717) is 22.4 Å². The van der Waals surface area contributed by atoms with Crippen molar-refractivity contribution >= 4 is 39.5 Å². The van der Waals surface area contributed by atoms with Crippen LogP contribution < -0.4 is 24.8 Å². The van der Waals surface area contributed by atoms with E-state index in [2.05, 4.69) is 28.8 Å². The van der Waals surface area contributed by atoms with Crippen LogP contribution in [0.15, 0.2) is 54.6 Å². The lowest BCUT2D eigenvalue weighted by Gasteiger charge is -2.16. The van der Waals surface area contributed by atoms with Crippen molar-refractivity contribution in [1.82, 2.24) is 0 Å². The molecule has 2 N–H and O–H groups in total. The molecule has 0 amide bonds. The first-order valence-electron chi connectivity index (χ1n) is 8.02. The van der Waals surface area contributed by atoms with Gasteiger partial charge in [-0.25, -0.2) is 0 Å². The van der Waals surface area contributed by atoms with Crippen molar-refractivity contribution in [2.24, 2.45) is 0 Å². The fourth-order valence-corrected chi connectivity index (χ4v) is 3.00. The van der Waals surface area contributed by atoms with Crippen LogP contribution in [0.25, 0.3) is 10.8 Å². The van der Waals surface area contributed by atoms with Crippen LogP contribution >= 0.6 is 12.2 Å². The van der Waals surface area contributed by atoms with Crippen LogP contribution in [0.1, 0.15) is 0 Å². The van der Waals surface area contributed by atoms with Crippen molar-refractivity contribution in [3.8, 4) is 17.2 Å². The Morgan fingerprint density at radius 3 is 2.12 bits per heavy atom. The van der Waals surface area contributed by atoms with E-state index in [1.54, 1.807) is 33.5 Å². The molecule has 3 rings (SSSR count). The molecule has 0 radical (unpaired) electrons. The van der Waals surface area contributed by atoms with Crippen molar-refractivity contribution < 1.29 is 14.2 Å². The molecule has 0 fully saturated rings. The molecule has 0 bridgehead atoms. The molecular formula is C20H20N2O3S. The molecule has 0 unspecified atom stereocenters. The molecule has 0 saturated carbocycles. The smallest absolute Gasteiger partial charge is 0.203 e. The quantitative estimate of drug-likeness (QED) is 0.638. The summed E-state index contributed by atoms with van der Waals surface area (Å²) >= 11 is 5.47. The number of hydrogen-bond donors (Lipinski definition) is 2. The average molecular weight is 368 g/mol. The van der Waals surface area contributed by atoms with Gasteiger partial charge in [0.15, 0.2) is 16.6 Å². The van der Waals surface area contributed by atoms with Crippen molar-refractivity contribution in [3.63, 3.8) is 0 Å². The average Bonchev–Trinajstić information content (AvgIpc) is 2.67. The Morgan fingerprint density at radius 1 is 0.808 bits per heavy atom. The molecule has 0 atom stereocenters. The van der Waals surface area contributed by atoms with Gasteiger partial charge in [0.2, 0.25) is 5.75 Å². The van der Waals surface area contributed by atoms with Gasteiger partial charge in [-0.1, -0.05) is 36.4 Å². The van der Waals surface area contributed by atoms with Crippen LogP contribution in [0.2, 0.25) is 0 Å². The number of methoxy groups -OCH3 is 3. The molecule has 134 valence electrons. The van der Waals surface area contributed by atoms with Crippen LogP contribution in [-0.2, 0) is 0 Å². The van der Waals surface area contributed by atoms with Crippen LogP contribution in [0.5, 0.6) is 17.2 Å². The second-order valence-corrected chi connectivity index (χ2v) is 5.93. The molecule has 0 aliphatic rings. The minimum absolute atomic E-state index is 0.468. The largest absolute Gasteiger partial charge is 0.493 e. The van der Waals surface area contributed by atoms with Crippen LogP contribution in [0.4, 0.5) is 11.4 Å². The van der Waals surface area contributed by atoms with E-state index in [0.717, 1.165) is 22.1 Å². The zero-order valence-electron chi connectivity index (χ0n) is 14.8. The second-order valence-electron chi connectivity index (χ2n) is 5.52. The summed E-state index contributed by atoms with van der Waals surface area (Å²) in [6.45, 7) is 0. The fraction of sp³-hybridized carbons (Fsp3) is 0.150. The second kappa shape index (κ2) is 7.93. The normalized spacial score (nSPS) is 10.3. The third-order valence-corrected chi connectivity index (χ3v) is 4.16. The monoisotopic (exact) mass is 368 g/mol. The summed E-state index contributed by atoms with van der Waals surface area (Å²) in [7, 11) is 4.72. The van der Waals surface area contributed by atoms with Gasteiger partial charge in [0, 0.05) is 28.9 Å². The number of nitrogens with one attached hydrogen (secondary N) is 2. The molecule has 0 saturated heterocycles. The first-order valence-corrected chi connectivity index (χ1v) is 8.43. The number of fused-ring (bicyclic) bond motifs is 1. The maximum absolute atomic E-state index is 5.47. The summed E-state index contributed by atoms with van der Waals surface area (Å²) < 4.78 is 16.1. The number of rotatable bonds is 5. The summed E-state index contributed by atoms with van der Waals surface area (Å²) in [5.41, 5.74) is 1.67. The van der Waals surface area contributed by atoms with E-state index in [4.69, 9.17) is 26.4 Å². The van der Waals surface area contributed by atoms with Crippen LogP contribution in [0.3, 0.4) is 0 Å². The Labute approximate surface area is 157 Å². The van der Waals surface area contributed by atoms with Crippen molar-refractivity contribution in [3.05, 3.63) is 54.6 Å². The first-order chi connectivity index (χ1) is 12.7. The molecule has 6 heteroatoms. The molecule has 5 nitrogen and oxygen atoms in total. The SMILES string of the molecule is COc1cc(NC(=S)Nc2cccc3ccccc23)cc(OC)c1OC. The van der Waals surface area contributed by atoms with E-state index in [1.807, 2.05) is 24.3 Å². The summed E-state index contributed by atoms with van der Waals surface area (Å²) in [6.07, 6.45) is 0. The Hall–Kier alpha value is -2.99. The van der Waals surface area contributed by atoms with E-state index in [1.165, 1.54) is 0 Å². The Bertz CT molecular complexity index is 913. The number of hydrogen-bond acceptors (Lipinski definition) is 4. The molecule has 0 aliphatic carbocycles. The van der Waals surface area contributed by atoms with E-state index >= 15 is 0 Å². The Kier molecular flexibility index (Phi) is 5.43. The summed E-state index contributed by atoms with van der Waals surface area (Å²) in [6, 6.07) is 17.8. The Balaban J connectivity index is 1.84. The summed E-state index contributed by atoms with van der Waals surface area (Å²) in [4.78, 5) is 0. The number of anilines is 2. The molecule has 0 spiro atoms. The lowest BCUT2D eigenvalue weighted by molar-refractivity contribution is 0.324. The van der Waals surface area contributed by atoms with Crippen molar-refractivity contribution in [1.29, 1.82) is 0 Å². The van der Waals surface area contributed by atoms with Gasteiger partial charge in [0.25, 0.3) is 0 Å². The predicted octanol–water partition coefficient (Wildman–Crippen LogP) is 4.67. The molecule has 0 aliphatic heterocycles. The number of thiocarbonyl (C=S) groups is 1. The third kappa shape index (κ3) is 3.65. The predicted molar refractivity (Wildman–Crippen MR) is 110 cm³/mol. The molecule has 0 aromatic heterocycles. The molecule has 0 heterocycles. The van der Waals surface area contributed by atoms with Crippen LogP contribution in [0, 0.1) is 0 Å². The van der Waals surface area contributed by atoms with Crippen molar-refractivity contribution in [2.45, 2.75) is 0 Å². The van der Waals surface area contributed by atoms with Crippen LogP contribution in [-0.4, -0.2) is 26.4 Å². The molecule has 26 heavy (non-hydrogen) atoms. The minimum atomic E-state index is 0.468. The molecular weight excluding hydrogens is 348 g/mol. The highest BCUT2D eigenvalue weighted by molar-refractivity contribution is 7.80. The maximum Gasteiger partial charge on any atom is 0.203 e. The lowest BCUT2D eigenvalue weighted by Crippen LogP contribution is -2.19. The number of ether oxygens (including phenoxy) is 3. The van der Waals surface area contributed by atoms with Gasteiger partial charge in [0.1, 0.15) is 0 Å². The highest BCUT2D eigenvalue weighted by atomic mass is 32.1. The summed E-state index contributed by atoms with van der Waals surface area (Å²) in [5.74, 6) is 1.65. The minimum Gasteiger partial charge on any atom is -0.493 e. The van der Waals surface area contributed by atoms with E-state index < -0.39 is 0 Å². The zero-order chi connectivity index (χ0) is 18.5. The van der Waals surface area contributed by atoms with Gasteiger partial charge < -0.3 is 24.8 Å². The fourth-order valence-electron chi connectivity index (χ4n) is 2.77. The topological polar surface area (TPSA) is 51.8 Å². The summed E-state index contributed by atoms with van der Waals surface area (Å²) in [5, 5.41) is 9.12. The van der Waals surface area contributed by atoms with Gasteiger partial charge in [-0.2, -0.15) is 0 Å². The van der Waals surface area contributed by atoms with Gasteiger partial charge in [-0.05, 0) is 23.7 Å². The zero-order valence-corrected chi connectivity index (χ0v) is 15.6. The molecule has 3 aromatic rings. The highest BCUT2D eigenvalue weighted by Gasteiger charge is 2.14. The van der Waals surface area contributed by atoms with Gasteiger partial charge in [-0.15, -0.1) is 0 Å². The van der Waals surface area contributed by atoms with Crippen molar-refractivity contribution in [2.75, 3.05) is 32.0 Å². The van der Waals surface area contributed by atoms with E-state index in [9.17, 15) is 0 Å². The Morgan fingerprint density at radius 2 is 1.46 bits per heavy atom. The highest BCUT2D eigenvalue weighted by Crippen LogP contribution is 2.40. The first kappa shape index (κ1) is 17.8. The lowest BCUT2D eigenvalue weighted by atomic mass is 10.1. The molecule has 3 aromatic carbocycles. The van der Waals surface area contributed by atoms with Gasteiger partial charge in [-0.3, -0.25) is 0 Å². The third-order valence-electron chi connectivity index (χ3n) is 3.96. The van der Waals surface area contributed by atoms with Gasteiger partial charge in [0.05, 0.1) is 21.3 Å². The van der Waals surface area contributed by atoms with Gasteiger partial charge >= 0.3 is 0 Å². The standard InChI is InChI=1S/C20H20N2O3S/c1-23-17-11-14(12-18(24-2)19(17)25-3)21-20(26)22-16-10-6-8-13-7-4-5-9-15(13)16/h4-12H,1-3H3,(H2,21,22,26).